The molecule has 1 aliphatic rings. The van der Waals surface area contributed by atoms with E-state index in [1.165, 1.54) is 0 Å². The first-order valence-corrected chi connectivity index (χ1v) is 10.1. The zero-order chi connectivity index (χ0) is 22.1. The molecule has 152 valence electrons. The lowest BCUT2D eigenvalue weighted by molar-refractivity contribution is -0.120. The molecule has 5 heteroatoms. The maximum atomic E-state index is 13.5. The molecule has 4 aromatic carbocycles. The Morgan fingerprint density at radius 3 is 2.16 bits per heavy atom. The predicted octanol–water partition coefficient (Wildman–Crippen LogP) is 5.11. The number of anilines is 2. The molecule has 0 bridgehead atoms. The Labute approximate surface area is 184 Å². The minimum atomic E-state index is -0.438. The van der Waals surface area contributed by atoms with Gasteiger partial charge in [0.25, 0.3) is 11.8 Å². The van der Waals surface area contributed by atoms with Crippen LogP contribution in [0.15, 0.2) is 103 Å². The van der Waals surface area contributed by atoms with Crippen molar-refractivity contribution >= 4 is 39.5 Å². The van der Waals surface area contributed by atoms with Crippen molar-refractivity contribution in [3.63, 3.8) is 0 Å². The van der Waals surface area contributed by atoms with Gasteiger partial charge in [-0.05, 0) is 41.3 Å². The maximum Gasteiger partial charge on any atom is 0.282 e. The molecule has 0 aromatic heterocycles. The molecule has 1 aliphatic heterocycles. The quantitative estimate of drug-likeness (QED) is 0.470. The molecule has 1 N–H and O–H groups in total. The Hall–Kier alpha value is -4.69. The molecule has 4 aromatic rings. The second kappa shape index (κ2) is 7.86. The number of fused-ring (bicyclic) bond motifs is 1. The van der Waals surface area contributed by atoms with Gasteiger partial charge >= 0.3 is 0 Å². The Bertz CT molecular complexity index is 1430. The second-order valence-electron chi connectivity index (χ2n) is 7.37. The number of rotatable bonds is 4. The van der Waals surface area contributed by atoms with Crippen LogP contribution in [0.5, 0.6) is 0 Å². The van der Waals surface area contributed by atoms with Gasteiger partial charge in [0.15, 0.2) is 0 Å². The molecule has 0 unspecified atom stereocenters. The van der Waals surface area contributed by atoms with Crippen molar-refractivity contribution in [2.75, 3.05) is 10.2 Å². The number of nitrogens with one attached hydrogen (secondary N) is 1. The smallest absolute Gasteiger partial charge is 0.282 e. The number of nitrogens with zero attached hydrogens (tertiary/aromatic N) is 2. The monoisotopic (exact) mass is 415 g/mol. The van der Waals surface area contributed by atoms with E-state index in [-0.39, 0.29) is 5.70 Å². The van der Waals surface area contributed by atoms with Crippen LogP contribution < -0.4 is 10.2 Å². The Morgan fingerprint density at radius 2 is 1.41 bits per heavy atom. The number of hydrogen-bond donors (Lipinski definition) is 1. The van der Waals surface area contributed by atoms with Gasteiger partial charge in [0.2, 0.25) is 0 Å². The Morgan fingerprint density at radius 1 is 0.719 bits per heavy atom. The second-order valence-corrected chi connectivity index (χ2v) is 7.37. The lowest BCUT2D eigenvalue weighted by atomic mass is 10.0. The van der Waals surface area contributed by atoms with Crippen molar-refractivity contribution in [1.29, 1.82) is 5.26 Å². The van der Waals surface area contributed by atoms with Gasteiger partial charge in [-0.1, -0.05) is 66.7 Å². The van der Waals surface area contributed by atoms with E-state index in [0.29, 0.717) is 22.4 Å². The first-order valence-electron chi connectivity index (χ1n) is 10.1. The van der Waals surface area contributed by atoms with Gasteiger partial charge in [-0.25, -0.2) is 4.90 Å². The number of carbonyl (C=O) groups excluding carboxylic acids is 2. The largest absolute Gasteiger partial charge is 0.350 e. The number of carbonyl (C=O) groups is 2. The van der Waals surface area contributed by atoms with Gasteiger partial charge in [0.1, 0.15) is 5.70 Å². The van der Waals surface area contributed by atoms with Crippen LogP contribution >= 0.6 is 0 Å². The van der Waals surface area contributed by atoms with Crippen LogP contribution in [-0.2, 0) is 9.59 Å². The average molecular weight is 415 g/mol. The van der Waals surface area contributed by atoms with Gasteiger partial charge in [-0.2, -0.15) is 5.26 Å². The van der Waals surface area contributed by atoms with E-state index < -0.39 is 11.8 Å². The molecule has 32 heavy (non-hydrogen) atoms. The van der Waals surface area contributed by atoms with E-state index in [4.69, 9.17) is 5.26 Å². The third kappa shape index (κ3) is 3.21. The van der Waals surface area contributed by atoms with E-state index in [1.807, 2.05) is 78.9 Å². The van der Waals surface area contributed by atoms with Crippen LogP contribution in [0.3, 0.4) is 0 Å². The molecular formula is C27H17N3O2. The Balaban J connectivity index is 1.64. The van der Waals surface area contributed by atoms with Gasteiger partial charge in [-0.15, -0.1) is 0 Å². The molecule has 0 spiro atoms. The van der Waals surface area contributed by atoms with Gasteiger partial charge in [0, 0.05) is 11.1 Å². The predicted molar refractivity (Wildman–Crippen MR) is 125 cm³/mol. The maximum absolute atomic E-state index is 13.5. The van der Waals surface area contributed by atoms with Crippen molar-refractivity contribution in [2.45, 2.75) is 0 Å². The van der Waals surface area contributed by atoms with E-state index in [2.05, 4.69) is 5.32 Å². The molecule has 0 radical (unpaired) electrons. The summed E-state index contributed by atoms with van der Waals surface area (Å²) in [6.45, 7) is 0. The SMILES string of the molecule is N#Cc1ccc(N2C(=O)C(Nc3cccc4ccccc34)=C(c3ccccc3)C2=O)cc1. The minimum Gasteiger partial charge on any atom is -0.350 e. The summed E-state index contributed by atoms with van der Waals surface area (Å²) in [4.78, 5) is 28.1. The number of benzene rings is 4. The summed E-state index contributed by atoms with van der Waals surface area (Å²) in [6.07, 6.45) is 0. The van der Waals surface area contributed by atoms with E-state index in [9.17, 15) is 9.59 Å². The van der Waals surface area contributed by atoms with Crippen LogP contribution in [-0.4, -0.2) is 11.8 Å². The average Bonchev–Trinajstić information content (AvgIpc) is 3.09. The molecule has 2 amide bonds. The van der Waals surface area contributed by atoms with Crippen molar-refractivity contribution in [1.82, 2.24) is 0 Å². The summed E-state index contributed by atoms with van der Waals surface area (Å²) in [5, 5.41) is 14.3. The molecule has 0 atom stereocenters. The summed E-state index contributed by atoms with van der Waals surface area (Å²) in [5.41, 5.74) is 2.81. The summed E-state index contributed by atoms with van der Waals surface area (Å²) in [6, 6.07) is 31.3. The van der Waals surface area contributed by atoms with Crippen molar-refractivity contribution in [3.8, 4) is 6.07 Å². The van der Waals surface area contributed by atoms with Crippen LogP contribution in [0.1, 0.15) is 11.1 Å². The lowest BCUT2D eigenvalue weighted by Gasteiger charge is -2.16. The number of hydrogen-bond acceptors (Lipinski definition) is 4. The fourth-order valence-corrected chi connectivity index (χ4v) is 3.91. The topological polar surface area (TPSA) is 73.2 Å². The van der Waals surface area contributed by atoms with Crippen molar-refractivity contribution in [3.05, 3.63) is 114 Å². The van der Waals surface area contributed by atoms with Gasteiger partial charge in [0.05, 0.1) is 22.9 Å². The number of nitriles is 1. The fraction of sp³-hybridized carbons (Fsp3) is 0. The highest BCUT2D eigenvalue weighted by Gasteiger charge is 2.40. The summed E-state index contributed by atoms with van der Waals surface area (Å²) < 4.78 is 0. The molecule has 1 heterocycles. The minimum absolute atomic E-state index is 0.224. The molecule has 0 saturated carbocycles. The summed E-state index contributed by atoms with van der Waals surface area (Å²) in [7, 11) is 0. The van der Waals surface area contributed by atoms with Gasteiger partial charge < -0.3 is 5.32 Å². The first kappa shape index (κ1) is 19.3. The zero-order valence-electron chi connectivity index (χ0n) is 16.9. The van der Waals surface area contributed by atoms with Crippen LogP contribution in [0.2, 0.25) is 0 Å². The molecular weight excluding hydrogens is 398 g/mol. The molecule has 5 rings (SSSR count). The third-order valence-electron chi connectivity index (χ3n) is 5.45. The van der Waals surface area contributed by atoms with Crippen LogP contribution in [0.4, 0.5) is 11.4 Å². The molecule has 0 saturated heterocycles. The highest BCUT2D eigenvalue weighted by atomic mass is 16.2. The van der Waals surface area contributed by atoms with E-state index in [1.54, 1.807) is 24.3 Å². The van der Waals surface area contributed by atoms with E-state index >= 15 is 0 Å². The molecule has 0 fully saturated rings. The zero-order valence-corrected chi connectivity index (χ0v) is 16.9. The number of amides is 2. The first-order chi connectivity index (χ1) is 15.7. The standard InChI is InChI=1S/C27H17N3O2/c28-17-18-13-15-21(16-14-18)30-26(31)24(20-8-2-1-3-9-20)25(27(30)32)29-23-12-6-10-19-7-4-5-11-22(19)23/h1-16,29H. The third-order valence-corrected chi connectivity index (χ3v) is 5.45. The van der Waals surface area contributed by atoms with Crippen LogP contribution in [0, 0.1) is 11.3 Å². The Kier molecular flexibility index (Phi) is 4.74. The molecule has 0 aliphatic carbocycles. The number of imide groups is 1. The normalized spacial score (nSPS) is 13.5. The lowest BCUT2D eigenvalue weighted by Crippen LogP contribution is -2.32. The molecule has 5 nitrogen and oxygen atoms in total. The van der Waals surface area contributed by atoms with E-state index in [0.717, 1.165) is 21.4 Å². The van der Waals surface area contributed by atoms with Gasteiger partial charge in [-0.3, -0.25) is 9.59 Å². The van der Waals surface area contributed by atoms with Crippen molar-refractivity contribution < 1.29 is 9.59 Å². The van der Waals surface area contributed by atoms with Crippen LogP contribution in [0.25, 0.3) is 16.3 Å². The van der Waals surface area contributed by atoms with Crippen molar-refractivity contribution in [2.24, 2.45) is 0 Å². The summed E-state index contributed by atoms with van der Waals surface area (Å²) in [5.74, 6) is -0.847. The highest BCUT2D eigenvalue weighted by Crippen LogP contribution is 2.35. The highest BCUT2D eigenvalue weighted by molar-refractivity contribution is 6.46. The summed E-state index contributed by atoms with van der Waals surface area (Å²) >= 11 is 0. The fourth-order valence-electron chi connectivity index (χ4n) is 3.91.